The Morgan fingerprint density at radius 2 is 0.738 bits per heavy atom. The Hall–Kier alpha value is -2.47. The Bertz CT molecular complexity index is 1560. The van der Waals surface area contributed by atoms with Gasteiger partial charge in [0.25, 0.3) is 0 Å². The molecule has 28 heteroatoms. The molecule has 0 spiro atoms. The van der Waals surface area contributed by atoms with Crippen LogP contribution in [0.25, 0.3) is 0 Å². The van der Waals surface area contributed by atoms with Crippen LogP contribution in [0.4, 0.5) is 0 Å². The average molecular weight is 950 g/mol. The summed E-state index contributed by atoms with van der Waals surface area (Å²) in [5.74, 6) is -2.02. The highest BCUT2D eigenvalue weighted by atomic mass is 16.8. The van der Waals surface area contributed by atoms with Crippen molar-refractivity contribution in [2.24, 2.45) is 0 Å². The van der Waals surface area contributed by atoms with E-state index < -0.39 is 204 Å². The largest absolute Gasteiger partial charge is 0.394 e. The van der Waals surface area contributed by atoms with E-state index in [0.29, 0.717) is 0 Å². The number of aliphatic hydroxyl groups is 13. The second kappa shape index (κ2) is 23.2. The second-order valence-electron chi connectivity index (χ2n) is 16.5. The summed E-state index contributed by atoms with van der Waals surface area (Å²) < 4.78 is 52.4. The van der Waals surface area contributed by atoms with Crippen LogP contribution >= 0.6 is 0 Å². The fourth-order valence-corrected chi connectivity index (χ4v) is 8.47. The van der Waals surface area contributed by atoms with Crippen molar-refractivity contribution in [2.45, 2.75) is 181 Å². The summed E-state index contributed by atoms with van der Waals surface area (Å²) >= 11 is 0. The van der Waals surface area contributed by atoms with Gasteiger partial charge in [-0.05, 0) is 6.92 Å². The van der Waals surface area contributed by atoms with Crippen LogP contribution in [0.3, 0.4) is 0 Å². The molecule has 25 atom stereocenters. The van der Waals surface area contributed by atoms with E-state index in [2.05, 4.69) is 16.0 Å². The van der Waals surface area contributed by atoms with Gasteiger partial charge in [0.05, 0.1) is 45.2 Å². The van der Waals surface area contributed by atoms with Crippen molar-refractivity contribution in [2.75, 3.05) is 33.0 Å². The lowest BCUT2D eigenvalue weighted by Crippen LogP contribution is -2.70. The summed E-state index contributed by atoms with van der Waals surface area (Å²) in [5.41, 5.74) is 0. The standard InChI is InChI=1S/C37H63N3O25/c1-10-19(38-11(2)46)26(53)30(17(8-44)57-10)62-35-21(40-13(4)48)27(54)31(18(9-45)61-35)63-36-29(56)32(24(51)16(7-43)59-36)64-37-33(28(55)23(50)15(6-42)60-37)65-34-20(39-12(3)47)25(52)22(49)14(5-41)58-34/h10,14-37,41-45,49-56H,5-9H2,1-4H3,(H,38,46)(H,39,47)(H,40,48)/t10-,14?,15+,16?,17?,18?,19?,20?,21-,22+,23+,24+,25+,26+,27?,28?,29+,30+,31+,32?,33?,34-,35-,36-,37+/m0/s1. The van der Waals surface area contributed by atoms with Crippen molar-refractivity contribution >= 4 is 17.7 Å². The minimum Gasteiger partial charge on any atom is -0.394 e. The highest BCUT2D eigenvalue weighted by Crippen LogP contribution is 2.36. The molecule has 0 radical (unpaired) electrons. The Morgan fingerprint density at radius 1 is 0.385 bits per heavy atom. The third kappa shape index (κ3) is 11.9. The first-order valence-corrected chi connectivity index (χ1v) is 20.9. The van der Waals surface area contributed by atoms with Crippen LogP contribution in [0.15, 0.2) is 0 Å². The normalized spacial score (nSPS) is 47.1. The van der Waals surface area contributed by atoms with Gasteiger partial charge in [0.15, 0.2) is 25.2 Å². The molecule has 0 aromatic heterocycles. The van der Waals surface area contributed by atoms with Crippen molar-refractivity contribution in [3.63, 3.8) is 0 Å². The van der Waals surface area contributed by atoms with Gasteiger partial charge in [0.1, 0.15) is 116 Å². The van der Waals surface area contributed by atoms with E-state index in [0.717, 1.165) is 13.8 Å². The highest BCUT2D eigenvalue weighted by molar-refractivity contribution is 5.74. The monoisotopic (exact) mass is 949 g/mol. The number of hydrogen-bond acceptors (Lipinski definition) is 25. The van der Waals surface area contributed by atoms with Crippen molar-refractivity contribution in [3.8, 4) is 0 Å². The van der Waals surface area contributed by atoms with Crippen LogP contribution < -0.4 is 16.0 Å². The molecule has 5 aliphatic rings. The number of rotatable bonds is 16. The summed E-state index contributed by atoms with van der Waals surface area (Å²) in [6.07, 6.45) is -38.5. The molecule has 28 nitrogen and oxygen atoms in total. The van der Waals surface area contributed by atoms with E-state index in [4.69, 9.17) is 42.6 Å². The number of carbonyl (C=O) groups is 3. The topological polar surface area (TPSA) is 433 Å². The molecule has 16 N–H and O–H groups in total. The summed E-state index contributed by atoms with van der Waals surface area (Å²) in [5, 5.41) is 147. The van der Waals surface area contributed by atoms with Crippen molar-refractivity contribution in [3.05, 3.63) is 0 Å². The van der Waals surface area contributed by atoms with Gasteiger partial charge in [-0.2, -0.15) is 0 Å². The highest BCUT2D eigenvalue weighted by Gasteiger charge is 2.57. The molecule has 5 rings (SSSR count). The molecule has 0 aromatic rings. The summed E-state index contributed by atoms with van der Waals surface area (Å²) in [6, 6.07) is -4.25. The molecule has 5 saturated heterocycles. The molecule has 65 heavy (non-hydrogen) atoms. The van der Waals surface area contributed by atoms with E-state index in [-0.39, 0.29) is 0 Å². The van der Waals surface area contributed by atoms with Gasteiger partial charge >= 0.3 is 0 Å². The van der Waals surface area contributed by atoms with Gasteiger partial charge in [-0.25, -0.2) is 0 Å². The van der Waals surface area contributed by atoms with Gasteiger partial charge in [0, 0.05) is 20.8 Å². The molecule has 0 aromatic carbocycles. The zero-order chi connectivity index (χ0) is 48.2. The van der Waals surface area contributed by atoms with E-state index in [1.54, 1.807) is 0 Å². The first kappa shape index (κ1) is 53.5. The fraction of sp³-hybridized carbons (Fsp3) is 0.919. The maximum absolute atomic E-state index is 12.5. The minimum absolute atomic E-state index is 0.530. The van der Waals surface area contributed by atoms with E-state index in [1.165, 1.54) is 13.8 Å². The molecular weight excluding hydrogens is 886 g/mol. The van der Waals surface area contributed by atoms with Gasteiger partial charge in [-0.1, -0.05) is 0 Å². The van der Waals surface area contributed by atoms with Gasteiger partial charge in [-0.15, -0.1) is 0 Å². The molecule has 0 aliphatic carbocycles. The van der Waals surface area contributed by atoms with E-state index in [9.17, 15) is 80.8 Å². The zero-order valence-corrected chi connectivity index (χ0v) is 35.7. The first-order valence-electron chi connectivity index (χ1n) is 20.9. The van der Waals surface area contributed by atoms with Crippen LogP contribution in [0.2, 0.25) is 0 Å². The predicted molar refractivity (Wildman–Crippen MR) is 205 cm³/mol. The molecule has 5 heterocycles. The molecule has 376 valence electrons. The summed E-state index contributed by atoms with van der Waals surface area (Å²) in [4.78, 5) is 36.4. The maximum Gasteiger partial charge on any atom is 0.217 e. The summed E-state index contributed by atoms with van der Waals surface area (Å²) in [6.45, 7) is 0.416. The molecule has 0 saturated carbocycles. The number of carbonyl (C=O) groups excluding carboxylic acids is 3. The quantitative estimate of drug-likeness (QED) is 0.0683. The van der Waals surface area contributed by atoms with Crippen LogP contribution in [0.5, 0.6) is 0 Å². The molecule has 3 amide bonds. The Balaban J connectivity index is 1.40. The fourth-order valence-electron chi connectivity index (χ4n) is 8.47. The van der Waals surface area contributed by atoms with E-state index in [1.807, 2.05) is 0 Å². The van der Waals surface area contributed by atoms with Crippen molar-refractivity contribution in [1.29, 1.82) is 0 Å². The van der Waals surface area contributed by atoms with Crippen LogP contribution in [0.1, 0.15) is 27.7 Å². The predicted octanol–water partition coefficient (Wildman–Crippen LogP) is -10.4. The molecule has 0 bridgehead atoms. The number of ether oxygens (including phenoxy) is 9. The van der Waals surface area contributed by atoms with Crippen molar-refractivity contribution in [1.82, 2.24) is 16.0 Å². The van der Waals surface area contributed by atoms with Gasteiger partial charge in [-0.3, -0.25) is 14.4 Å². The van der Waals surface area contributed by atoms with Crippen molar-refractivity contribution < 1.29 is 123 Å². The Kier molecular flexibility index (Phi) is 19.1. The molecule has 10 unspecified atom stereocenters. The Morgan fingerprint density at radius 3 is 1.25 bits per heavy atom. The van der Waals surface area contributed by atoms with Gasteiger partial charge < -0.3 is 125 Å². The third-order valence-electron chi connectivity index (χ3n) is 11.8. The first-order chi connectivity index (χ1) is 30.7. The maximum atomic E-state index is 12.5. The molecule has 5 fully saturated rings. The van der Waals surface area contributed by atoms with E-state index >= 15 is 0 Å². The lowest BCUT2D eigenvalue weighted by molar-refractivity contribution is -0.391. The number of amides is 3. The van der Waals surface area contributed by atoms with Crippen LogP contribution in [0, 0.1) is 0 Å². The lowest BCUT2D eigenvalue weighted by Gasteiger charge is -2.50. The second-order valence-corrected chi connectivity index (χ2v) is 16.5. The van der Waals surface area contributed by atoms with Crippen LogP contribution in [-0.2, 0) is 57.0 Å². The van der Waals surface area contributed by atoms with Gasteiger partial charge in [0.2, 0.25) is 17.7 Å². The third-order valence-corrected chi connectivity index (χ3v) is 11.8. The zero-order valence-electron chi connectivity index (χ0n) is 35.7. The molecular formula is C37H63N3O25. The SMILES string of the molecule is CC(=O)NC1[C@H](OC2C(O)[C@H](O)[C@@H](CO)O[C@@H]2OC2[C@H](O)C(CO)O[C@@H](O[C@@H]3C(CO)O[C@@H](O[C@@H]4C(CO)O[C@@H](C)C(NC(C)=O)[C@H]4O)[C@@H](NC(C)=O)C3O)[C@@H]2O)OC(CO)[C@@H](O)[C@@H]1O. The number of aliphatic hydroxyl groups excluding tert-OH is 13. The number of nitrogens with one attached hydrogen (secondary N) is 3. The number of hydrogen-bond donors (Lipinski definition) is 16. The minimum atomic E-state index is -2.17. The Labute approximate surface area is 370 Å². The lowest BCUT2D eigenvalue weighted by atomic mass is 9.92. The average Bonchev–Trinajstić information content (AvgIpc) is 3.26. The summed E-state index contributed by atoms with van der Waals surface area (Å²) in [7, 11) is 0. The molecule has 5 aliphatic heterocycles. The van der Waals surface area contributed by atoms with Crippen LogP contribution in [-0.4, -0.2) is 270 Å². The smallest absolute Gasteiger partial charge is 0.217 e.